The summed E-state index contributed by atoms with van der Waals surface area (Å²) in [5, 5.41) is 13.0. The molecule has 9 nitrogen and oxygen atoms in total. The number of carbonyl (C=O) groups excluding carboxylic acids is 2. The van der Waals surface area contributed by atoms with Gasteiger partial charge in [0.15, 0.2) is 0 Å². The van der Waals surface area contributed by atoms with Crippen molar-refractivity contribution in [3.63, 3.8) is 0 Å². The van der Waals surface area contributed by atoms with Crippen molar-refractivity contribution in [1.82, 2.24) is 5.32 Å². The van der Waals surface area contributed by atoms with Gasteiger partial charge in [-0.1, -0.05) is 65.0 Å². The largest absolute Gasteiger partial charge is 1.00 e. The molecule has 2 unspecified atom stereocenters. The summed E-state index contributed by atoms with van der Waals surface area (Å²) in [7, 11) is -5.57. The fraction of sp³-hybridized carbons (Fsp3) is 0.600. The standard InChI is InChI=1S/C20H32N2O7S.Na/c1-13(2)11-15(21)20(25,30(26,27)28)17(23)16(19(3,4)5)22-18(24)29-12-14-9-7-6-8-10-14;/h6-10,13,15-16,25H,11-12,21H2,1-5H3,(H,22,24)(H,26,27,28);/q;+1/p-1/t15?,16-,20?;/m1./s1. The number of nitrogens with one attached hydrogen (secondary N) is 1. The summed E-state index contributed by atoms with van der Waals surface area (Å²) < 4.78 is 40.8. The second-order valence-electron chi connectivity index (χ2n) is 8.76. The van der Waals surface area contributed by atoms with E-state index in [1.165, 1.54) is 0 Å². The third-order valence-electron chi connectivity index (χ3n) is 4.57. The van der Waals surface area contributed by atoms with Crippen molar-refractivity contribution in [2.45, 2.75) is 64.7 Å². The van der Waals surface area contributed by atoms with Crippen molar-refractivity contribution in [3.8, 4) is 0 Å². The molecule has 1 aromatic rings. The smallest absolute Gasteiger partial charge is 0.745 e. The summed E-state index contributed by atoms with van der Waals surface area (Å²) in [6, 6.07) is 5.55. The van der Waals surface area contributed by atoms with Gasteiger partial charge in [0.25, 0.3) is 0 Å². The number of aliphatic hydroxyl groups is 1. The van der Waals surface area contributed by atoms with Gasteiger partial charge in [-0.2, -0.15) is 0 Å². The number of rotatable bonds is 9. The first-order chi connectivity index (χ1) is 13.6. The van der Waals surface area contributed by atoms with Crippen molar-refractivity contribution in [1.29, 1.82) is 0 Å². The molecule has 0 saturated heterocycles. The van der Waals surface area contributed by atoms with Gasteiger partial charge in [-0.05, 0) is 23.3 Å². The van der Waals surface area contributed by atoms with Crippen molar-refractivity contribution in [2.24, 2.45) is 17.1 Å². The molecule has 4 N–H and O–H groups in total. The van der Waals surface area contributed by atoms with Crippen molar-refractivity contribution in [3.05, 3.63) is 35.9 Å². The van der Waals surface area contributed by atoms with Crippen LogP contribution in [0.4, 0.5) is 4.79 Å². The van der Waals surface area contributed by atoms with Crippen LogP contribution in [0, 0.1) is 11.3 Å². The monoisotopic (exact) mass is 466 g/mol. The fourth-order valence-electron chi connectivity index (χ4n) is 2.92. The number of hydrogen-bond acceptors (Lipinski definition) is 8. The van der Waals surface area contributed by atoms with Gasteiger partial charge >= 0.3 is 35.7 Å². The molecular weight excluding hydrogens is 435 g/mol. The molecule has 0 bridgehead atoms. The van der Waals surface area contributed by atoms with Crippen LogP contribution >= 0.6 is 0 Å². The van der Waals surface area contributed by atoms with E-state index in [1.807, 2.05) is 0 Å². The van der Waals surface area contributed by atoms with Crippen LogP contribution in [0.5, 0.6) is 0 Å². The Morgan fingerprint density at radius 1 is 1.19 bits per heavy atom. The van der Waals surface area contributed by atoms with Crippen molar-refractivity contribution in [2.75, 3.05) is 0 Å². The Morgan fingerprint density at radius 2 is 1.71 bits per heavy atom. The Morgan fingerprint density at radius 3 is 2.13 bits per heavy atom. The van der Waals surface area contributed by atoms with E-state index in [1.54, 1.807) is 65.0 Å². The minimum atomic E-state index is -5.57. The first-order valence-corrected chi connectivity index (χ1v) is 11.0. The summed E-state index contributed by atoms with van der Waals surface area (Å²) in [4.78, 5) is 22.0. The number of nitrogens with two attached hydrogens (primary N) is 1. The minimum absolute atomic E-state index is 0. The third-order valence-corrected chi connectivity index (χ3v) is 5.83. The van der Waals surface area contributed by atoms with Crippen molar-refractivity contribution >= 4 is 22.0 Å². The summed E-state index contributed by atoms with van der Waals surface area (Å²) >= 11 is 0. The van der Waals surface area contributed by atoms with Crippen LogP contribution in [-0.2, 0) is 26.3 Å². The molecule has 0 aromatic heterocycles. The van der Waals surface area contributed by atoms with E-state index < -0.39 is 44.4 Å². The molecule has 1 aromatic carbocycles. The van der Waals surface area contributed by atoms with Gasteiger partial charge in [0, 0.05) is 0 Å². The molecule has 170 valence electrons. The van der Waals surface area contributed by atoms with Crippen LogP contribution in [0.1, 0.15) is 46.6 Å². The minimum Gasteiger partial charge on any atom is -0.745 e. The van der Waals surface area contributed by atoms with E-state index in [0.29, 0.717) is 5.56 Å². The molecule has 0 aliphatic carbocycles. The van der Waals surface area contributed by atoms with Gasteiger partial charge in [0.2, 0.25) is 10.7 Å². The van der Waals surface area contributed by atoms with Crippen LogP contribution in [0.15, 0.2) is 30.3 Å². The molecule has 0 aliphatic rings. The van der Waals surface area contributed by atoms with Crippen LogP contribution in [-0.4, -0.2) is 47.0 Å². The average Bonchev–Trinajstić information content (AvgIpc) is 2.61. The quantitative estimate of drug-likeness (QED) is 0.293. The molecule has 0 heterocycles. The molecule has 1 rings (SSSR count). The first-order valence-electron chi connectivity index (χ1n) is 9.55. The fourth-order valence-corrected chi connectivity index (χ4v) is 3.75. The van der Waals surface area contributed by atoms with E-state index in [9.17, 15) is 27.7 Å². The van der Waals surface area contributed by atoms with E-state index in [-0.39, 0.29) is 48.5 Å². The number of carbonyl (C=O) groups is 2. The predicted octanol–water partition coefficient (Wildman–Crippen LogP) is -1.49. The topological polar surface area (TPSA) is 159 Å². The molecule has 31 heavy (non-hydrogen) atoms. The van der Waals surface area contributed by atoms with Gasteiger partial charge in [-0.3, -0.25) is 4.79 Å². The summed E-state index contributed by atoms with van der Waals surface area (Å²) in [6.07, 6.45) is -1.10. The Hall–Kier alpha value is -1.01. The molecule has 11 heteroatoms. The first kappa shape index (κ1) is 30.0. The van der Waals surface area contributed by atoms with Crippen LogP contribution in [0.2, 0.25) is 0 Å². The van der Waals surface area contributed by atoms with E-state index >= 15 is 0 Å². The maximum atomic E-state index is 13.1. The maximum Gasteiger partial charge on any atom is 1.00 e. The van der Waals surface area contributed by atoms with Gasteiger partial charge in [-0.15, -0.1) is 0 Å². The molecule has 0 aliphatic heterocycles. The molecule has 0 fully saturated rings. The average molecular weight is 467 g/mol. The maximum absolute atomic E-state index is 13.1. The number of hydrogen-bond donors (Lipinski definition) is 3. The Bertz CT molecular complexity index is 841. The summed E-state index contributed by atoms with van der Waals surface area (Å²) in [5.41, 5.74) is 5.43. The number of amides is 1. The van der Waals surface area contributed by atoms with E-state index in [0.717, 1.165) is 0 Å². The molecule has 1 amide bonds. The number of Topliss-reactive ketones (excluding diaryl/α,β-unsaturated/α-hetero) is 1. The van der Waals surface area contributed by atoms with Gasteiger partial charge < -0.3 is 25.4 Å². The van der Waals surface area contributed by atoms with E-state index in [2.05, 4.69) is 5.32 Å². The molecule has 0 spiro atoms. The van der Waals surface area contributed by atoms with Gasteiger partial charge in [-0.25, -0.2) is 13.2 Å². The zero-order valence-electron chi connectivity index (χ0n) is 18.9. The van der Waals surface area contributed by atoms with Crippen LogP contribution < -0.4 is 40.6 Å². The number of ketones is 1. The number of ether oxygens (including phenoxy) is 1. The van der Waals surface area contributed by atoms with Crippen LogP contribution in [0.25, 0.3) is 0 Å². The second-order valence-corrected chi connectivity index (χ2v) is 10.3. The predicted molar refractivity (Wildman–Crippen MR) is 110 cm³/mol. The number of benzene rings is 1. The zero-order valence-corrected chi connectivity index (χ0v) is 21.7. The van der Waals surface area contributed by atoms with E-state index in [4.69, 9.17) is 10.5 Å². The normalized spacial score (nSPS) is 15.9. The second kappa shape index (κ2) is 11.7. The Kier molecular flexibility index (Phi) is 11.4. The zero-order chi connectivity index (χ0) is 23.3. The Labute approximate surface area is 206 Å². The SMILES string of the molecule is CC(C)CC(N)C(O)(C(=O)[C@@H](NC(=O)OCc1ccccc1)C(C)(C)C)S(=O)(=O)[O-].[Na+]. The molecule has 3 atom stereocenters. The van der Waals surface area contributed by atoms with Crippen molar-refractivity contribution < 1.29 is 62.0 Å². The summed E-state index contributed by atoms with van der Waals surface area (Å²) in [6.45, 7) is 7.93. The number of alkyl carbamates (subject to hydrolysis) is 1. The Balaban J connectivity index is 0.00000900. The molecular formula is C20H31N2NaO7S. The summed E-state index contributed by atoms with van der Waals surface area (Å²) in [5.74, 6) is -1.59. The third kappa shape index (κ3) is 8.12. The van der Waals surface area contributed by atoms with Crippen LogP contribution in [0.3, 0.4) is 0 Å². The van der Waals surface area contributed by atoms with Gasteiger partial charge in [0.1, 0.15) is 16.7 Å². The molecule has 0 saturated carbocycles. The van der Waals surface area contributed by atoms with Gasteiger partial charge in [0.05, 0.1) is 12.1 Å². The molecule has 0 radical (unpaired) electrons.